The lowest BCUT2D eigenvalue weighted by atomic mass is 10.2. The largest absolute Gasteiger partial charge is 0.360 e. The number of likely N-dealkylation sites (N-methyl/N-ethyl adjacent to an activating group) is 1. The van der Waals surface area contributed by atoms with E-state index in [1.165, 1.54) is 11.8 Å². The summed E-state index contributed by atoms with van der Waals surface area (Å²) in [5.74, 6) is -0.384. The number of benzene rings is 2. The quantitative estimate of drug-likeness (QED) is 0.663. The van der Waals surface area contributed by atoms with Gasteiger partial charge >= 0.3 is 0 Å². The summed E-state index contributed by atoms with van der Waals surface area (Å²) < 4.78 is 0. The van der Waals surface area contributed by atoms with Crippen molar-refractivity contribution in [3.8, 4) is 0 Å². The van der Waals surface area contributed by atoms with Crippen LogP contribution in [0, 0.1) is 0 Å². The number of carbonyl (C=O) groups is 1. The molecular formula is C19H21Cl2N4OS+. The Balaban J connectivity index is 1.57. The van der Waals surface area contributed by atoms with Crippen LogP contribution in [0.1, 0.15) is 10.4 Å². The van der Waals surface area contributed by atoms with Crippen LogP contribution in [0.3, 0.4) is 0 Å². The fourth-order valence-corrected chi connectivity index (χ4v) is 3.61. The maximum absolute atomic E-state index is 12.3. The first-order chi connectivity index (χ1) is 12.9. The van der Waals surface area contributed by atoms with E-state index in [4.69, 9.17) is 35.4 Å². The minimum Gasteiger partial charge on any atom is -0.360 e. The third kappa shape index (κ3) is 5.32. The maximum Gasteiger partial charge on any atom is 0.258 e. The minimum absolute atomic E-state index is 0.210. The molecule has 0 bridgehead atoms. The van der Waals surface area contributed by atoms with Gasteiger partial charge in [0.05, 0.1) is 43.8 Å². The molecule has 1 saturated heterocycles. The second-order valence-corrected chi connectivity index (χ2v) is 7.78. The fourth-order valence-electron chi connectivity index (χ4n) is 2.91. The lowest BCUT2D eigenvalue weighted by Crippen LogP contribution is -3.12. The molecule has 27 heavy (non-hydrogen) atoms. The van der Waals surface area contributed by atoms with Crippen LogP contribution in [-0.2, 0) is 0 Å². The standard InChI is InChI=1S/C19H20Cl2N4OS/c1-24-8-10-25(11-9-24)15-5-3-14(4-6-15)22-19(27)23-18(26)16-7-2-13(20)12-17(16)21/h2-7,12H,8-11H2,1H3,(H2,22,23,26,27)/p+1. The van der Waals surface area contributed by atoms with Gasteiger partial charge in [-0.1, -0.05) is 23.2 Å². The number of rotatable bonds is 3. The van der Waals surface area contributed by atoms with E-state index in [1.807, 2.05) is 12.1 Å². The van der Waals surface area contributed by atoms with Crippen LogP contribution in [0.5, 0.6) is 0 Å². The zero-order valence-corrected chi connectivity index (χ0v) is 17.2. The highest BCUT2D eigenvalue weighted by Crippen LogP contribution is 2.21. The number of hydrogen-bond acceptors (Lipinski definition) is 3. The number of nitrogens with zero attached hydrogens (tertiary/aromatic N) is 1. The normalized spacial score (nSPS) is 14.7. The number of hydrogen-bond donors (Lipinski definition) is 3. The molecule has 0 spiro atoms. The summed E-state index contributed by atoms with van der Waals surface area (Å²) in [6, 6.07) is 12.7. The lowest BCUT2D eigenvalue weighted by molar-refractivity contribution is -0.880. The van der Waals surface area contributed by atoms with Gasteiger partial charge < -0.3 is 15.1 Å². The van der Waals surface area contributed by atoms with Crippen LogP contribution in [0.2, 0.25) is 10.0 Å². The molecule has 2 aromatic carbocycles. The lowest BCUT2D eigenvalue weighted by Gasteiger charge is -2.31. The Morgan fingerprint density at radius 3 is 2.41 bits per heavy atom. The van der Waals surface area contributed by atoms with Gasteiger partial charge in [-0.3, -0.25) is 10.1 Å². The molecule has 0 unspecified atom stereocenters. The molecule has 1 aliphatic heterocycles. The molecule has 1 aliphatic rings. The van der Waals surface area contributed by atoms with Crippen molar-refractivity contribution in [1.82, 2.24) is 5.32 Å². The van der Waals surface area contributed by atoms with E-state index >= 15 is 0 Å². The average Bonchev–Trinajstić information content (AvgIpc) is 2.63. The van der Waals surface area contributed by atoms with Gasteiger partial charge in [0.2, 0.25) is 0 Å². The van der Waals surface area contributed by atoms with E-state index in [0.29, 0.717) is 10.6 Å². The van der Waals surface area contributed by atoms with Gasteiger partial charge in [0, 0.05) is 16.4 Å². The van der Waals surface area contributed by atoms with Crippen LogP contribution in [0.25, 0.3) is 0 Å². The van der Waals surface area contributed by atoms with Crippen molar-refractivity contribution in [3.05, 3.63) is 58.1 Å². The molecule has 2 aromatic rings. The number of halogens is 2. The van der Waals surface area contributed by atoms with Crippen molar-refractivity contribution in [2.24, 2.45) is 0 Å². The highest BCUT2D eigenvalue weighted by Gasteiger charge is 2.17. The zero-order valence-electron chi connectivity index (χ0n) is 14.9. The highest BCUT2D eigenvalue weighted by molar-refractivity contribution is 7.80. The Hall–Kier alpha value is -1.86. The molecule has 0 aliphatic carbocycles. The Labute approximate surface area is 174 Å². The van der Waals surface area contributed by atoms with E-state index in [2.05, 4.69) is 34.7 Å². The first-order valence-corrected chi connectivity index (χ1v) is 9.82. The number of anilines is 2. The molecule has 0 radical (unpaired) electrons. The summed E-state index contributed by atoms with van der Waals surface area (Å²) in [4.78, 5) is 16.2. The minimum atomic E-state index is -0.384. The molecule has 1 fully saturated rings. The van der Waals surface area contributed by atoms with Crippen LogP contribution in [0.4, 0.5) is 11.4 Å². The average molecular weight is 424 g/mol. The Morgan fingerprint density at radius 1 is 1.11 bits per heavy atom. The van der Waals surface area contributed by atoms with Gasteiger partial charge in [0.15, 0.2) is 5.11 Å². The maximum atomic E-state index is 12.3. The van der Waals surface area contributed by atoms with Gasteiger partial charge in [-0.05, 0) is 54.7 Å². The molecule has 142 valence electrons. The molecule has 3 rings (SSSR count). The predicted molar refractivity (Wildman–Crippen MR) is 115 cm³/mol. The van der Waals surface area contributed by atoms with E-state index in [1.54, 1.807) is 17.0 Å². The number of quaternary nitrogens is 1. The molecule has 8 heteroatoms. The second-order valence-electron chi connectivity index (χ2n) is 6.52. The molecule has 0 saturated carbocycles. The molecule has 5 nitrogen and oxygen atoms in total. The van der Waals surface area contributed by atoms with Crippen molar-refractivity contribution in [2.75, 3.05) is 43.4 Å². The predicted octanol–water partition coefficient (Wildman–Crippen LogP) is 2.45. The third-order valence-electron chi connectivity index (χ3n) is 4.51. The summed E-state index contributed by atoms with van der Waals surface area (Å²) >= 11 is 17.1. The van der Waals surface area contributed by atoms with Crippen molar-refractivity contribution in [2.45, 2.75) is 0 Å². The SMILES string of the molecule is C[NH+]1CCN(c2ccc(NC(=S)NC(=O)c3ccc(Cl)cc3Cl)cc2)CC1. The topological polar surface area (TPSA) is 48.8 Å². The van der Waals surface area contributed by atoms with Gasteiger partial charge in [-0.2, -0.15) is 0 Å². The highest BCUT2D eigenvalue weighted by atomic mass is 35.5. The Morgan fingerprint density at radius 2 is 1.78 bits per heavy atom. The second kappa shape index (κ2) is 8.89. The molecule has 1 heterocycles. The van der Waals surface area contributed by atoms with Crippen LogP contribution < -0.4 is 20.4 Å². The first kappa shape index (κ1) is 19.9. The smallest absolute Gasteiger partial charge is 0.258 e. The fraction of sp³-hybridized carbons (Fsp3) is 0.263. The molecule has 0 atom stereocenters. The van der Waals surface area contributed by atoms with E-state index in [-0.39, 0.29) is 16.0 Å². The number of carbonyl (C=O) groups excluding carboxylic acids is 1. The third-order valence-corrected chi connectivity index (χ3v) is 5.26. The molecule has 3 N–H and O–H groups in total. The van der Waals surface area contributed by atoms with Crippen LogP contribution in [-0.4, -0.2) is 44.2 Å². The monoisotopic (exact) mass is 423 g/mol. The van der Waals surface area contributed by atoms with Gasteiger partial charge in [0.25, 0.3) is 5.91 Å². The Bertz CT molecular complexity index is 836. The van der Waals surface area contributed by atoms with Gasteiger partial charge in [0.1, 0.15) is 0 Å². The van der Waals surface area contributed by atoms with E-state index < -0.39 is 0 Å². The van der Waals surface area contributed by atoms with Crippen LogP contribution in [0.15, 0.2) is 42.5 Å². The zero-order chi connectivity index (χ0) is 19.4. The first-order valence-electron chi connectivity index (χ1n) is 8.66. The number of piperazine rings is 1. The van der Waals surface area contributed by atoms with Gasteiger partial charge in [-0.15, -0.1) is 0 Å². The van der Waals surface area contributed by atoms with E-state index in [0.717, 1.165) is 31.9 Å². The van der Waals surface area contributed by atoms with Crippen LogP contribution >= 0.6 is 35.4 Å². The van der Waals surface area contributed by atoms with Crippen molar-refractivity contribution in [1.29, 1.82) is 0 Å². The summed E-state index contributed by atoms with van der Waals surface area (Å²) in [6.45, 7) is 4.39. The number of nitrogens with one attached hydrogen (secondary N) is 3. The van der Waals surface area contributed by atoms with Crippen molar-refractivity contribution in [3.63, 3.8) is 0 Å². The number of thiocarbonyl (C=S) groups is 1. The Kier molecular flexibility index (Phi) is 6.55. The summed E-state index contributed by atoms with van der Waals surface area (Å²) in [5.41, 5.74) is 2.32. The molecular weight excluding hydrogens is 403 g/mol. The summed E-state index contributed by atoms with van der Waals surface area (Å²) in [7, 11) is 2.22. The molecule has 0 aromatic heterocycles. The summed E-state index contributed by atoms with van der Waals surface area (Å²) in [6.07, 6.45) is 0. The number of amides is 1. The molecule has 1 amide bonds. The van der Waals surface area contributed by atoms with Crippen molar-refractivity contribution >= 4 is 57.8 Å². The summed E-state index contributed by atoms with van der Waals surface area (Å²) in [5, 5.41) is 6.61. The van der Waals surface area contributed by atoms with Gasteiger partial charge in [-0.25, -0.2) is 0 Å². The van der Waals surface area contributed by atoms with E-state index in [9.17, 15) is 4.79 Å². The van der Waals surface area contributed by atoms with Crippen molar-refractivity contribution < 1.29 is 9.69 Å².